The number of nitrogens with two attached hydrogens (primary N) is 1. The van der Waals surface area contributed by atoms with Crippen LogP contribution in [0, 0.1) is 0 Å². The molecule has 3 rings (SSSR count). The summed E-state index contributed by atoms with van der Waals surface area (Å²) < 4.78 is 1.53. The topological polar surface area (TPSA) is 86.2 Å². The van der Waals surface area contributed by atoms with Crippen molar-refractivity contribution in [1.29, 1.82) is 0 Å². The molecule has 2 aromatic heterocycles. The molecule has 0 unspecified atom stereocenters. The fourth-order valence-corrected chi connectivity index (χ4v) is 2.81. The van der Waals surface area contributed by atoms with E-state index < -0.39 is 5.91 Å². The van der Waals surface area contributed by atoms with Crippen LogP contribution < -0.4 is 5.73 Å². The summed E-state index contributed by atoms with van der Waals surface area (Å²) >= 11 is 6.33. The van der Waals surface area contributed by atoms with Crippen molar-refractivity contribution in [2.45, 2.75) is 26.2 Å². The minimum Gasteiger partial charge on any atom is -0.366 e. The van der Waals surface area contributed by atoms with Crippen LogP contribution >= 0.6 is 11.6 Å². The Morgan fingerprint density at radius 3 is 2.57 bits per heavy atom. The van der Waals surface area contributed by atoms with Crippen LogP contribution in [0.5, 0.6) is 0 Å². The van der Waals surface area contributed by atoms with Crippen LogP contribution in [-0.4, -0.2) is 25.7 Å². The Kier molecular flexibility index (Phi) is 3.56. The molecule has 7 heteroatoms. The number of carbonyl (C=O) groups is 1. The number of amides is 1. The minimum absolute atomic E-state index is 0.164. The van der Waals surface area contributed by atoms with Gasteiger partial charge in [-0.15, -0.1) is 10.2 Å². The van der Waals surface area contributed by atoms with Crippen molar-refractivity contribution in [3.8, 4) is 11.4 Å². The molecule has 3 aromatic rings. The number of carbonyl (C=O) groups excluding carboxylic acids is 1. The highest BCUT2D eigenvalue weighted by atomic mass is 35.5. The molecule has 2 N–H and O–H groups in total. The van der Waals surface area contributed by atoms with Crippen molar-refractivity contribution in [3.05, 3.63) is 46.6 Å². The van der Waals surface area contributed by atoms with Gasteiger partial charge in [-0.2, -0.15) is 9.61 Å². The van der Waals surface area contributed by atoms with E-state index in [2.05, 4.69) is 15.3 Å². The number of aromatic nitrogens is 4. The molecule has 0 atom stereocenters. The van der Waals surface area contributed by atoms with Gasteiger partial charge in [0.05, 0.1) is 5.56 Å². The van der Waals surface area contributed by atoms with Gasteiger partial charge in [-0.25, -0.2) is 0 Å². The number of nitrogens with zero attached hydrogens (tertiary/aromatic N) is 4. The van der Waals surface area contributed by atoms with Crippen LogP contribution in [-0.2, 0) is 5.41 Å². The number of hydrogen-bond donors (Lipinski definition) is 1. The maximum absolute atomic E-state index is 11.6. The lowest BCUT2D eigenvalue weighted by molar-refractivity contribution is 0.100. The summed E-state index contributed by atoms with van der Waals surface area (Å²) in [5.41, 5.74) is 7.65. The van der Waals surface area contributed by atoms with E-state index in [-0.39, 0.29) is 5.41 Å². The molecule has 0 aliphatic carbocycles. The first-order chi connectivity index (χ1) is 10.8. The number of fused-ring (bicyclic) bond motifs is 1. The third-order valence-electron chi connectivity index (χ3n) is 3.59. The highest BCUT2D eigenvalue weighted by molar-refractivity contribution is 6.30. The third-order valence-corrected chi connectivity index (χ3v) is 3.87. The smallest absolute Gasteiger partial charge is 0.249 e. The Balaban J connectivity index is 2.26. The molecule has 0 fully saturated rings. The molecule has 0 bridgehead atoms. The Labute approximate surface area is 138 Å². The summed E-state index contributed by atoms with van der Waals surface area (Å²) in [6.45, 7) is 6.14. The molecule has 0 aliphatic rings. The largest absolute Gasteiger partial charge is 0.366 e. The van der Waals surface area contributed by atoms with E-state index in [0.717, 1.165) is 5.56 Å². The van der Waals surface area contributed by atoms with E-state index in [9.17, 15) is 4.79 Å². The van der Waals surface area contributed by atoms with Crippen molar-refractivity contribution < 1.29 is 4.79 Å². The first-order valence-corrected chi connectivity index (χ1v) is 7.48. The molecule has 0 spiro atoms. The van der Waals surface area contributed by atoms with Gasteiger partial charge in [-0.05, 0) is 17.5 Å². The average molecular weight is 330 g/mol. The van der Waals surface area contributed by atoms with Gasteiger partial charge < -0.3 is 5.73 Å². The SMILES string of the molecule is CC(C)(C)c1cc2nnc(-c3ccccc3C(N)=O)n2nc1Cl. The Morgan fingerprint density at radius 2 is 1.91 bits per heavy atom. The lowest BCUT2D eigenvalue weighted by Crippen LogP contribution is -2.15. The van der Waals surface area contributed by atoms with Crippen LogP contribution in [0.15, 0.2) is 30.3 Å². The quantitative estimate of drug-likeness (QED) is 0.783. The van der Waals surface area contributed by atoms with Gasteiger partial charge in [0.1, 0.15) is 0 Å². The highest BCUT2D eigenvalue weighted by Gasteiger charge is 2.22. The zero-order chi connectivity index (χ0) is 16.8. The van der Waals surface area contributed by atoms with Gasteiger partial charge in [-0.3, -0.25) is 4.79 Å². The minimum atomic E-state index is -0.533. The highest BCUT2D eigenvalue weighted by Crippen LogP contribution is 2.30. The van der Waals surface area contributed by atoms with Crippen LogP contribution in [0.3, 0.4) is 0 Å². The molecule has 2 heterocycles. The number of halogens is 1. The van der Waals surface area contributed by atoms with Crippen LogP contribution in [0.4, 0.5) is 0 Å². The average Bonchev–Trinajstić information content (AvgIpc) is 2.88. The first kappa shape index (κ1) is 15.4. The third kappa shape index (κ3) is 2.66. The van der Waals surface area contributed by atoms with E-state index in [4.69, 9.17) is 17.3 Å². The molecular formula is C16H16ClN5O. The molecule has 0 saturated carbocycles. The van der Waals surface area contributed by atoms with E-state index in [1.165, 1.54) is 4.52 Å². The Bertz CT molecular complexity index is 910. The normalized spacial score (nSPS) is 11.8. The van der Waals surface area contributed by atoms with Crippen LogP contribution in [0.1, 0.15) is 36.7 Å². The second kappa shape index (κ2) is 5.31. The molecule has 23 heavy (non-hydrogen) atoms. The number of hydrogen-bond acceptors (Lipinski definition) is 4. The van der Waals surface area contributed by atoms with E-state index in [0.29, 0.717) is 27.8 Å². The summed E-state index contributed by atoms with van der Waals surface area (Å²) in [7, 11) is 0. The summed E-state index contributed by atoms with van der Waals surface area (Å²) in [5.74, 6) is -0.105. The zero-order valence-electron chi connectivity index (χ0n) is 13.0. The molecule has 6 nitrogen and oxygen atoms in total. The molecular weight excluding hydrogens is 314 g/mol. The summed E-state index contributed by atoms with van der Waals surface area (Å²) in [5, 5.41) is 13.1. The van der Waals surface area contributed by atoms with Crippen molar-refractivity contribution in [2.24, 2.45) is 5.73 Å². The van der Waals surface area contributed by atoms with Gasteiger partial charge in [0.15, 0.2) is 16.6 Å². The van der Waals surface area contributed by atoms with Crippen LogP contribution in [0.2, 0.25) is 5.15 Å². The number of primary amides is 1. The molecule has 118 valence electrons. The standard InChI is InChI=1S/C16H16ClN5O/c1-16(2,3)11-8-12-19-20-15(22(12)21-13(11)17)10-7-5-4-6-9(10)14(18)23/h4-8H,1-3H3,(H2,18,23). The van der Waals surface area contributed by atoms with Gasteiger partial charge in [0.2, 0.25) is 5.91 Å². The molecule has 0 saturated heterocycles. The van der Waals surface area contributed by atoms with Crippen molar-refractivity contribution in [3.63, 3.8) is 0 Å². The number of rotatable bonds is 2. The van der Waals surface area contributed by atoms with E-state index in [1.54, 1.807) is 24.3 Å². The first-order valence-electron chi connectivity index (χ1n) is 7.10. The second-order valence-corrected chi connectivity index (χ2v) is 6.66. The zero-order valence-corrected chi connectivity index (χ0v) is 13.8. The van der Waals surface area contributed by atoms with Crippen molar-refractivity contribution in [2.75, 3.05) is 0 Å². The Morgan fingerprint density at radius 1 is 1.22 bits per heavy atom. The molecule has 0 radical (unpaired) electrons. The number of benzene rings is 1. The summed E-state index contributed by atoms with van der Waals surface area (Å²) in [6, 6.07) is 8.80. The monoisotopic (exact) mass is 329 g/mol. The molecule has 1 aromatic carbocycles. The summed E-state index contributed by atoms with van der Waals surface area (Å²) in [6.07, 6.45) is 0. The fourth-order valence-electron chi connectivity index (χ4n) is 2.40. The van der Waals surface area contributed by atoms with Crippen molar-refractivity contribution >= 4 is 23.2 Å². The lowest BCUT2D eigenvalue weighted by atomic mass is 9.88. The molecule has 0 aliphatic heterocycles. The lowest BCUT2D eigenvalue weighted by Gasteiger charge is -2.19. The second-order valence-electron chi connectivity index (χ2n) is 6.30. The van der Waals surface area contributed by atoms with E-state index >= 15 is 0 Å². The van der Waals surface area contributed by atoms with Crippen LogP contribution in [0.25, 0.3) is 17.0 Å². The van der Waals surface area contributed by atoms with Crippen molar-refractivity contribution in [1.82, 2.24) is 19.8 Å². The predicted molar refractivity (Wildman–Crippen MR) is 88.4 cm³/mol. The summed E-state index contributed by atoms with van der Waals surface area (Å²) in [4.78, 5) is 11.6. The fraction of sp³-hybridized carbons (Fsp3) is 0.250. The van der Waals surface area contributed by atoms with E-state index in [1.807, 2.05) is 26.8 Å². The maximum atomic E-state index is 11.6. The van der Waals surface area contributed by atoms with Gasteiger partial charge in [0.25, 0.3) is 0 Å². The predicted octanol–water partition coefficient (Wildman–Crippen LogP) is 2.84. The van der Waals surface area contributed by atoms with Gasteiger partial charge in [0, 0.05) is 11.1 Å². The van der Waals surface area contributed by atoms with Gasteiger partial charge in [-0.1, -0.05) is 50.6 Å². The molecule has 1 amide bonds. The maximum Gasteiger partial charge on any atom is 0.249 e. The Hall–Kier alpha value is -2.47. The van der Waals surface area contributed by atoms with Gasteiger partial charge >= 0.3 is 0 Å².